The van der Waals surface area contributed by atoms with Crippen molar-refractivity contribution in [3.63, 3.8) is 0 Å². The van der Waals surface area contributed by atoms with Crippen LogP contribution < -0.4 is 10.6 Å². The highest BCUT2D eigenvalue weighted by Gasteiger charge is 2.08. The molecule has 0 saturated heterocycles. The fraction of sp³-hybridized carbons (Fsp3) is 0.385. The smallest absolute Gasteiger partial charge is 0.224 e. The molecule has 0 aromatic heterocycles. The van der Waals surface area contributed by atoms with Crippen LogP contribution in [-0.2, 0) is 19.4 Å². The first-order valence-electron chi connectivity index (χ1n) is 6.26. The van der Waals surface area contributed by atoms with Crippen LogP contribution in [0.4, 0.5) is 10.1 Å². The van der Waals surface area contributed by atoms with E-state index in [9.17, 15) is 22.4 Å². The van der Waals surface area contributed by atoms with Crippen molar-refractivity contribution >= 4 is 27.3 Å². The molecule has 2 amide bonds. The summed E-state index contributed by atoms with van der Waals surface area (Å²) in [7, 11) is -3.13. The first kappa shape index (κ1) is 17.1. The van der Waals surface area contributed by atoms with Crippen LogP contribution in [0.15, 0.2) is 24.3 Å². The molecule has 0 saturated carbocycles. The van der Waals surface area contributed by atoms with Gasteiger partial charge in [-0.25, -0.2) is 12.8 Å². The van der Waals surface area contributed by atoms with E-state index in [0.29, 0.717) is 5.69 Å². The van der Waals surface area contributed by atoms with Gasteiger partial charge in [0.15, 0.2) is 0 Å². The Morgan fingerprint density at radius 1 is 1.19 bits per heavy atom. The number of carbonyl (C=O) groups excluding carboxylic acids is 2. The quantitative estimate of drug-likeness (QED) is 0.775. The third-order valence-corrected chi connectivity index (χ3v) is 3.43. The van der Waals surface area contributed by atoms with Crippen LogP contribution in [-0.4, -0.2) is 38.8 Å². The summed E-state index contributed by atoms with van der Waals surface area (Å²) >= 11 is 0. The van der Waals surface area contributed by atoms with E-state index in [4.69, 9.17) is 0 Å². The average Bonchev–Trinajstić information content (AvgIpc) is 2.35. The Balaban J connectivity index is 2.28. The molecule has 0 radical (unpaired) electrons. The Hall–Kier alpha value is -1.96. The minimum absolute atomic E-state index is 0.0170. The summed E-state index contributed by atoms with van der Waals surface area (Å²) in [6.45, 7) is 0.0170. The normalized spacial score (nSPS) is 11.0. The molecule has 0 aliphatic heterocycles. The topological polar surface area (TPSA) is 92.3 Å². The Morgan fingerprint density at radius 3 is 2.48 bits per heavy atom. The molecule has 8 heteroatoms. The van der Waals surface area contributed by atoms with Gasteiger partial charge in [0.25, 0.3) is 0 Å². The molecule has 0 bridgehead atoms. The molecule has 0 aliphatic rings. The van der Waals surface area contributed by atoms with Crippen LogP contribution in [0.2, 0.25) is 0 Å². The fourth-order valence-electron chi connectivity index (χ4n) is 1.48. The maximum Gasteiger partial charge on any atom is 0.224 e. The SMILES string of the molecule is CS(=O)(=O)CCNC(=O)CCC(=O)Nc1cccc(F)c1. The minimum atomic E-state index is -3.13. The summed E-state index contributed by atoms with van der Waals surface area (Å²) < 4.78 is 34.6. The number of sulfone groups is 1. The summed E-state index contributed by atoms with van der Waals surface area (Å²) in [5.41, 5.74) is 0.317. The Morgan fingerprint density at radius 2 is 1.86 bits per heavy atom. The zero-order chi connectivity index (χ0) is 15.9. The van der Waals surface area contributed by atoms with Crippen LogP contribution >= 0.6 is 0 Å². The number of nitrogens with one attached hydrogen (secondary N) is 2. The predicted molar refractivity (Wildman–Crippen MR) is 77.0 cm³/mol. The molecule has 0 atom stereocenters. The van der Waals surface area contributed by atoms with Crippen molar-refractivity contribution in [3.8, 4) is 0 Å². The van der Waals surface area contributed by atoms with E-state index in [0.717, 1.165) is 6.26 Å². The number of hydrogen-bond acceptors (Lipinski definition) is 4. The Bertz CT molecular complexity index is 616. The number of hydrogen-bond donors (Lipinski definition) is 2. The second-order valence-corrected chi connectivity index (χ2v) is 6.80. The lowest BCUT2D eigenvalue weighted by atomic mass is 10.2. The van der Waals surface area contributed by atoms with Crippen molar-refractivity contribution in [2.75, 3.05) is 23.9 Å². The molecular formula is C13H17FN2O4S. The predicted octanol–water partition coefficient (Wildman–Crippen LogP) is 0.705. The van der Waals surface area contributed by atoms with E-state index in [-0.39, 0.29) is 25.1 Å². The van der Waals surface area contributed by atoms with Crippen molar-refractivity contribution in [2.45, 2.75) is 12.8 Å². The van der Waals surface area contributed by atoms with E-state index in [1.54, 1.807) is 0 Å². The van der Waals surface area contributed by atoms with Gasteiger partial charge in [0, 0.05) is 31.3 Å². The largest absolute Gasteiger partial charge is 0.355 e. The lowest BCUT2D eigenvalue weighted by molar-refractivity contribution is -0.124. The van der Waals surface area contributed by atoms with E-state index in [2.05, 4.69) is 10.6 Å². The van der Waals surface area contributed by atoms with Gasteiger partial charge in [0.1, 0.15) is 15.7 Å². The van der Waals surface area contributed by atoms with Crippen LogP contribution in [0.1, 0.15) is 12.8 Å². The highest BCUT2D eigenvalue weighted by Crippen LogP contribution is 2.09. The summed E-state index contributed by atoms with van der Waals surface area (Å²) in [6, 6.07) is 5.42. The number of benzene rings is 1. The van der Waals surface area contributed by atoms with Gasteiger partial charge in [-0.2, -0.15) is 0 Å². The van der Waals surface area contributed by atoms with Crippen molar-refractivity contribution in [2.24, 2.45) is 0 Å². The summed E-state index contributed by atoms with van der Waals surface area (Å²) in [4.78, 5) is 22.9. The second kappa shape index (κ2) is 7.72. The molecule has 1 aromatic rings. The summed E-state index contributed by atoms with van der Waals surface area (Å²) in [6.07, 6.45) is 0.942. The van der Waals surface area contributed by atoms with Gasteiger partial charge in [0.2, 0.25) is 11.8 Å². The van der Waals surface area contributed by atoms with Crippen molar-refractivity contribution in [3.05, 3.63) is 30.1 Å². The fourth-order valence-corrected chi connectivity index (χ4v) is 1.95. The van der Waals surface area contributed by atoms with Crippen molar-refractivity contribution < 1.29 is 22.4 Å². The first-order chi connectivity index (χ1) is 9.76. The molecule has 21 heavy (non-hydrogen) atoms. The van der Waals surface area contributed by atoms with E-state index in [1.165, 1.54) is 24.3 Å². The van der Waals surface area contributed by atoms with Gasteiger partial charge in [-0.05, 0) is 18.2 Å². The summed E-state index contributed by atoms with van der Waals surface area (Å²) in [5.74, 6) is -1.44. The average molecular weight is 316 g/mol. The number of halogens is 1. The molecule has 0 spiro atoms. The van der Waals surface area contributed by atoms with E-state index >= 15 is 0 Å². The van der Waals surface area contributed by atoms with Crippen LogP contribution in [0.5, 0.6) is 0 Å². The minimum Gasteiger partial charge on any atom is -0.355 e. The number of rotatable bonds is 7. The number of anilines is 1. The van der Waals surface area contributed by atoms with Gasteiger partial charge in [-0.3, -0.25) is 9.59 Å². The standard InChI is InChI=1S/C13H17FN2O4S/c1-21(19,20)8-7-15-12(17)5-6-13(18)16-11-4-2-3-10(14)9-11/h2-4,9H,5-8H2,1H3,(H,15,17)(H,16,18). The number of carbonyl (C=O) groups is 2. The molecule has 0 aliphatic carbocycles. The van der Waals surface area contributed by atoms with Gasteiger partial charge < -0.3 is 10.6 Å². The van der Waals surface area contributed by atoms with Gasteiger partial charge >= 0.3 is 0 Å². The van der Waals surface area contributed by atoms with Crippen LogP contribution in [0.25, 0.3) is 0 Å². The maximum absolute atomic E-state index is 12.9. The molecule has 6 nitrogen and oxygen atoms in total. The summed E-state index contributed by atoms with van der Waals surface area (Å²) in [5, 5.41) is 4.87. The van der Waals surface area contributed by atoms with Crippen molar-refractivity contribution in [1.29, 1.82) is 0 Å². The second-order valence-electron chi connectivity index (χ2n) is 4.54. The van der Waals surface area contributed by atoms with Crippen molar-refractivity contribution in [1.82, 2.24) is 5.32 Å². The highest BCUT2D eigenvalue weighted by molar-refractivity contribution is 7.90. The van der Waals surface area contributed by atoms with E-state index < -0.39 is 27.5 Å². The Labute approximate surface area is 122 Å². The Kier molecular flexibility index (Phi) is 6.29. The monoisotopic (exact) mass is 316 g/mol. The maximum atomic E-state index is 12.9. The molecule has 1 aromatic carbocycles. The molecular weight excluding hydrogens is 299 g/mol. The lowest BCUT2D eigenvalue weighted by Gasteiger charge is -2.06. The molecule has 0 unspecified atom stereocenters. The zero-order valence-electron chi connectivity index (χ0n) is 11.6. The molecule has 0 fully saturated rings. The third-order valence-electron chi connectivity index (χ3n) is 2.48. The third kappa shape index (κ3) is 8.03. The van der Waals surface area contributed by atoms with Crippen LogP contribution in [0.3, 0.4) is 0 Å². The molecule has 0 heterocycles. The van der Waals surface area contributed by atoms with Gasteiger partial charge in [-0.1, -0.05) is 6.07 Å². The lowest BCUT2D eigenvalue weighted by Crippen LogP contribution is -2.29. The molecule has 2 N–H and O–H groups in total. The first-order valence-corrected chi connectivity index (χ1v) is 8.32. The molecule has 1 rings (SSSR count). The van der Waals surface area contributed by atoms with Gasteiger partial charge in [-0.15, -0.1) is 0 Å². The van der Waals surface area contributed by atoms with E-state index in [1.807, 2.05) is 0 Å². The van der Waals surface area contributed by atoms with Gasteiger partial charge in [0.05, 0.1) is 5.75 Å². The highest BCUT2D eigenvalue weighted by atomic mass is 32.2. The van der Waals surface area contributed by atoms with Crippen LogP contribution in [0, 0.1) is 5.82 Å². The zero-order valence-corrected chi connectivity index (χ0v) is 12.4. The number of amides is 2. The molecule has 116 valence electrons.